The molecule has 0 aliphatic rings. The third-order valence-electron chi connectivity index (χ3n) is 3.24. The van der Waals surface area contributed by atoms with Gasteiger partial charge in [0.1, 0.15) is 6.04 Å². The molecular weight excluding hydrogens is 276 g/mol. The summed E-state index contributed by atoms with van der Waals surface area (Å²) in [5, 5.41) is 10.9. The van der Waals surface area contributed by atoms with E-state index >= 15 is 0 Å². The SMILES string of the molecule is CCOC(=N)C(Cc1ccccc1)NC(=O)c1ccccc1. The molecule has 2 aromatic carbocycles. The minimum absolute atomic E-state index is 0.0793. The van der Waals surface area contributed by atoms with Gasteiger partial charge in [0, 0.05) is 12.0 Å². The first-order valence-corrected chi connectivity index (χ1v) is 7.31. The highest BCUT2D eigenvalue weighted by Gasteiger charge is 2.20. The van der Waals surface area contributed by atoms with Gasteiger partial charge in [0.2, 0.25) is 5.90 Å². The Kier molecular flexibility index (Phi) is 5.72. The zero-order valence-electron chi connectivity index (χ0n) is 12.6. The Morgan fingerprint density at radius 1 is 1.09 bits per heavy atom. The van der Waals surface area contributed by atoms with Crippen LogP contribution in [0.2, 0.25) is 0 Å². The molecule has 4 heteroatoms. The molecule has 114 valence electrons. The molecule has 0 aliphatic carbocycles. The maximum Gasteiger partial charge on any atom is 0.251 e. The zero-order chi connectivity index (χ0) is 15.8. The molecule has 1 unspecified atom stereocenters. The number of ether oxygens (including phenoxy) is 1. The third kappa shape index (κ3) is 4.45. The second-order valence-electron chi connectivity index (χ2n) is 4.88. The molecule has 0 aromatic heterocycles. The van der Waals surface area contributed by atoms with Crippen molar-refractivity contribution in [3.05, 3.63) is 71.8 Å². The minimum Gasteiger partial charge on any atom is -0.480 e. The Labute approximate surface area is 130 Å². The Morgan fingerprint density at radius 2 is 1.68 bits per heavy atom. The van der Waals surface area contributed by atoms with E-state index in [9.17, 15) is 4.79 Å². The van der Waals surface area contributed by atoms with E-state index < -0.39 is 6.04 Å². The predicted octanol–water partition coefficient (Wildman–Crippen LogP) is 3.04. The van der Waals surface area contributed by atoms with E-state index in [2.05, 4.69) is 5.32 Å². The van der Waals surface area contributed by atoms with E-state index in [1.165, 1.54) is 0 Å². The summed E-state index contributed by atoms with van der Waals surface area (Å²) < 4.78 is 5.28. The van der Waals surface area contributed by atoms with Crippen LogP contribution in [0.4, 0.5) is 0 Å². The summed E-state index contributed by atoms with van der Waals surface area (Å²) in [6.45, 7) is 2.23. The van der Waals surface area contributed by atoms with E-state index in [1.54, 1.807) is 12.1 Å². The van der Waals surface area contributed by atoms with Gasteiger partial charge in [-0.15, -0.1) is 0 Å². The average Bonchev–Trinajstić information content (AvgIpc) is 2.56. The maximum atomic E-state index is 12.3. The lowest BCUT2D eigenvalue weighted by Gasteiger charge is -2.19. The van der Waals surface area contributed by atoms with Crippen molar-refractivity contribution in [1.82, 2.24) is 5.32 Å². The molecule has 2 aromatic rings. The molecule has 1 amide bonds. The van der Waals surface area contributed by atoms with Gasteiger partial charge in [0.25, 0.3) is 5.91 Å². The molecule has 0 spiro atoms. The van der Waals surface area contributed by atoms with Crippen LogP contribution in [-0.4, -0.2) is 24.5 Å². The van der Waals surface area contributed by atoms with Gasteiger partial charge in [-0.1, -0.05) is 48.5 Å². The van der Waals surface area contributed by atoms with Gasteiger partial charge in [0.05, 0.1) is 6.61 Å². The molecule has 0 saturated heterocycles. The largest absolute Gasteiger partial charge is 0.480 e. The number of hydrogen-bond acceptors (Lipinski definition) is 3. The van der Waals surface area contributed by atoms with E-state index in [0.29, 0.717) is 18.6 Å². The minimum atomic E-state index is -0.477. The highest BCUT2D eigenvalue weighted by molar-refractivity contribution is 5.97. The summed E-state index contributed by atoms with van der Waals surface area (Å²) in [4.78, 5) is 12.3. The number of carbonyl (C=O) groups is 1. The van der Waals surface area contributed by atoms with Gasteiger partial charge < -0.3 is 10.1 Å². The summed E-state index contributed by atoms with van der Waals surface area (Å²) >= 11 is 0. The van der Waals surface area contributed by atoms with Gasteiger partial charge in [-0.25, -0.2) is 0 Å². The van der Waals surface area contributed by atoms with Crippen molar-refractivity contribution in [3.8, 4) is 0 Å². The first-order chi connectivity index (χ1) is 10.7. The van der Waals surface area contributed by atoms with Crippen LogP contribution in [0.5, 0.6) is 0 Å². The van der Waals surface area contributed by atoms with Crippen molar-refractivity contribution >= 4 is 11.8 Å². The summed E-state index contributed by atoms with van der Waals surface area (Å²) in [6.07, 6.45) is 0.526. The van der Waals surface area contributed by atoms with Gasteiger partial charge in [-0.3, -0.25) is 10.2 Å². The Bertz CT molecular complexity index is 611. The Morgan fingerprint density at radius 3 is 2.27 bits per heavy atom. The smallest absolute Gasteiger partial charge is 0.251 e. The molecule has 2 N–H and O–H groups in total. The molecule has 0 fully saturated rings. The lowest BCUT2D eigenvalue weighted by molar-refractivity contribution is 0.0941. The number of rotatable bonds is 6. The molecule has 2 rings (SSSR count). The van der Waals surface area contributed by atoms with Crippen LogP contribution in [0.25, 0.3) is 0 Å². The van der Waals surface area contributed by atoms with Crippen molar-refractivity contribution in [2.45, 2.75) is 19.4 Å². The van der Waals surface area contributed by atoms with Crippen LogP contribution in [0.1, 0.15) is 22.8 Å². The summed E-state index contributed by atoms with van der Waals surface area (Å²) in [5.41, 5.74) is 1.62. The van der Waals surface area contributed by atoms with Crippen molar-refractivity contribution in [2.24, 2.45) is 0 Å². The van der Waals surface area contributed by atoms with E-state index in [0.717, 1.165) is 5.56 Å². The second-order valence-corrected chi connectivity index (χ2v) is 4.88. The average molecular weight is 296 g/mol. The van der Waals surface area contributed by atoms with Gasteiger partial charge in [-0.2, -0.15) is 0 Å². The van der Waals surface area contributed by atoms with Gasteiger partial charge >= 0.3 is 0 Å². The van der Waals surface area contributed by atoms with Crippen molar-refractivity contribution in [2.75, 3.05) is 6.61 Å². The van der Waals surface area contributed by atoms with Crippen LogP contribution < -0.4 is 5.32 Å². The molecule has 0 radical (unpaired) electrons. The van der Waals surface area contributed by atoms with Gasteiger partial charge in [0.15, 0.2) is 0 Å². The molecule has 0 saturated carbocycles. The normalized spacial score (nSPS) is 11.5. The molecule has 0 heterocycles. The number of amides is 1. The van der Waals surface area contributed by atoms with E-state index in [-0.39, 0.29) is 11.8 Å². The summed E-state index contributed by atoms with van der Waals surface area (Å²) in [6, 6.07) is 18.3. The number of benzene rings is 2. The first kappa shape index (κ1) is 15.8. The molecule has 22 heavy (non-hydrogen) atoms. The molecule has 0 aliphatic heterocycles. The van der Waals surface area contributed by atoms with Crippen molar-refractivity contribution in [3.63, 3.8) is 0 Å². The highest BCUT2D eigenvalue weighted by Crippen LogP contribution is 2.07. The second kappa shape index (κ2) is 7.98. The van der Waals surface area contributed by atoms with Crippen LogP contribution in [-0.2, 0) is 11.2 Å². The lowest BCUT2D eigenvalue weighted by atomic mass is 10.1. The van der Waals surface area contributed by atoms with Crippen molar-refractivity contribution < 1.29 is 9.53 Å². The Balaban J connectivity index is 2.11. The molecular formula is C18H20N2O2. The first-order valence-electron chi connectivity index (χ1n) is 7.31. The zero-order valence-corrected chi connectivity index (χ0v) is 12.6. The topological polar surface area (TPSA) is 62.2 Å². The van der Waals surface area contributed by atoms with E-state index in [4.69, 9.17) is 10.1 Å². The third-order valence-corrected chi connectivity index (χ3v) is 3.24. The maximum absolute atomic E-state index is 12.3. The van der Waals surface area contributed by atoms with Crippen LogP contribution in [0.15, 0.2) is 60.7 Å². The quantitative estimate of drug-likeness (QED) is 0.636. The fourth-order valence-electron chi connectivity index (χ4n) is 2.15. The van der Waals surface area contributed by atoms with Crippen LogP contribution in [0.3, 0.4) is 0 Å². The molecule has 0 bridgehead atoms. The summed E-state index contributed by atoms with van der Waals surface area (Å²) in [5.74, 6) is -0.124. The number of hydrogen-bond donors (Lipinski definition) is 2. The van der Waals surface area contributed by atoms with Crippen LogP contribution >= 0.6 is 0 Å². The standard InChI is InChI=1S/C18H20N2O2/c1-2-22-17(19)16(13-14-9-5-3-6-10-14)20-18(21)15-11-7-4-8-12-15/h3-12,16,19H,2,13H2,1H3,(H,20,21). The Hall–Kier alpha value is -2.62. The summed E-state index contributed by atoms with van der Waals surface area (Å²) in [7, 11) is 0. The van der Waals surface area contributed by atoms with Crippen molar-refractivity contribution in [1.29, 1.82) is 5.41 Å². The predicted molar refractivity (Wildman–Crippen MR) is 87.2 cm³/mol. The van der Waals surface area contributed by atoms with E-state index in [1.807, 2.05) is 55.5 Å². The monoisotopic (exact) mass is 296 g/mol. The van der Waals surface area contributed by atoms with Crippen LogP contribution in [0, 0.1) is 5.41 Å². The fourth-order valence-corrected chi connectivity index (χ4v) is 2.15. The fraction of sp³-hybridized carbons (Fsp3) is 0.222. The number of nitrogens with one attached hydrogen (secondary N) is 2. The number of carbonyl (C=O) groups excluding carboxylic acids is 1. The lowest BCUT2D eigenvalue weighted by Crippen LogP contribution is -2.43. The molecule has 4 nitrogen and oxygen atoms in total. The highest BCUT2D eigenvalue weighted by atomic mass is 16.5. The molecule has 1 atom stereocenters. The van der Waals surface area contributed by atoms with Gasteiger partial charge in [-0.05, 0) is 24.6 Å².